The van der Waals surface area contributed by atoms with Gasteiger partial charge in [0.25, 0.3) is 5.91 Å². The summed E-state index contributed by atoms with van der Waals surface area (Å²) in [6, 6.07) is 2.24. The van der Waals surface area contributed by atoms with Gasteiger partial charge in [0.05, 0.1) is 5.69 Å². The topological polar surface area (TPSA) is 60.1 Å². The first-order valence-corrected chi connectivity index (χ1v) is 7.04. The smallest absolute Gasteiger partial charge is 0.268 e. The molecule has 0 aliphatic heterocycles. The van der Waals surface area contributed by atoms with Crippen LogP contribution < -0.4 is 11.1 Å². The zero-order valence-electron chi connectivity index (χ0n) is 12.4. The lowest BCUT2D eigenvalue weighted by Gasteiger charge is -2.27. The molecule has 1 aromatic heterocycles. The number of carbonyl (C=O) groups excluding carboxylic acids is 1. The molecule has 1 amide bonds. The molecule has 1 aromatic rings. The Labute approximate surface area is 115 Å². The molecule has 1 aliphatic rings. The summed E-state index contributed by atoms with van der Waals surface area (Å²) in [7, 11) is 0. The predicted molar refractivity (Wildman–Crippen MR) is 78.1 cm³/mol. The first kappa shape index (κ1) is 14.0. The molecule has 0 aromatic carbocycles. The van der Waals surface area contributed by atoms with Crippen molar-refractivity contribution in [3.8, 4) is 0 Å². The lowest BCUT2D eigenvalue weighted by molar-refractivity contribution is 0.0927. The second kappa shape index (κ2) is 4.91. The van der Waals surface area contributed by atoms with Gasteiger partial charge in [-0.3, -0.25) is 4.79 Å². The number of hydrogen-bond acceptors (Lipinski definition) is 2. The Morgan fingerprint density at radius 1 is 1.53 bits per heavy atom. The summed E-state index contributed by atoms with van der Waals surface area (Å²) in [4.78, 5) is 12.3. The maximum atomic E-state index is 12.3. The fraction of sp³-hybridized carbons (Fsp3) is 0.667. The van der Waals surface area contributed by atoms with Crippen molar-refractivity contribution in [3.63, 3.8) is 0 Å². The largest absolute Gasteiger partial charge is 0.397 e. The van der Waals surface area contributed by atoms with E-state index in [2.05, 4.69) is 33.0 Å². The second-order valence-electron chi connectivity index (χ2n) is 6.77. The Morgan fingerprint density at radius 3 is 2.68 bits per heavy atom. The van der Waals surface area contributed by atoms with Gasteiger partial charge in [-0.2, -0.15) is 0 Å². The normalized spacial score (nSPS) is 17.3. The van der Waals surface area contributed by atoms with Crippen LogP contribution in [0.25, 0.3) is 0 Å². The number of aromatic nitrogens is 1. The highest BCUT2D eigenvalue weighted by molar-refractivity contribution is 5.93. The molecule has 0 radical (unpaired) electrons. The minimum atomic E-state index is -0.0142. The van der Waals surface area contributed by atoms with Gasteiger partial charge < -0.3 is 15.6 Å². The average Bonchev–Trinajstić information content (AvgIpc) is 3.07. The molecule has 4 heteroatoms. The quantitative estimate of drug-likeness (QED) is 0.877. The molecule has 1 saturated carbocycles. The van der Waals surface area contributed by atoms with E-state index in [1.807, 2.05) is 10.8 Å². The molecule has 1 aliphatic carbocycles. The zero-order valence-corrected chi connectivity index (χ0v) is 12.4. The summed E-state index contributed by atoms with van der Waals surface area (Å²) in [5.74, 6) is 0.415. The molecule has 106 valence electrons. The molecule has 1 heterocycles. The van der Waals surface area contributed by atoms with Crippen LogP contribution in [0.5, 0.6) is 0 Å². The van der Waals surface area contributed by atoms with Gasteiger partial charge >= 0.3 is 0 Å². The summed E-state index contributed by atoms with van der Waals surface area (Å²) in [6.45, 7) is 9.42. The monoisotopic (exact) mass is 263 g/mol. The van der Waals surface area contributed by atoms with Crippen molar-refractivity contribution in [2.75, 3.05) is 12.3 Å². The Morgan fingerprint density at radius 2 is 2.16 bits per heavy atom. The van der Waals surface area contributed by atoms with Gasteiger partial charge in [-0.05, 0) is 30.2 Å². The summed E-state index contributed by atoms with van der Waals surface area (Å²) in [5, 5.41) is 3.03. The van der Waals surface area contributed by atoms with Crippen LogP contribution in [0.3, 0.4) is 0 Å². The van der Waals surface area contributed by atoms with E-state index in [9.17, 15) is 4.79 Å². The van der Waals surface area contributed by atoms with Gasteiger partial charge in [-0.1, -0.05) is 27.7 Å². The number of amides is 1. The van der Waals surface area contributed by atoms with Gasteiger partial charge in [0.1, 0.15) is 5.69 Å². The van der Waals surface area contributed by atoms with E-state index >= 15 is 0 Å². The first-order chi connectivity index (χ1) is 8.79. The van der Waals surface area contributed by atoms with Crippen LogP contribution >= 0.6 is 0 Å². The van der Waals surface area contributed by atoms with E-state index in [-0.39, 0.29) is 11.3 Å². The maximum Gasteiger partial charge on any atom is 0.268 e. The van der Waals surface area contributed by atoms with E-state index in [1.54, 1.807) is 6.07 Å². The third-order valence-corrected chi connectivity index (χ3v) is 4.09. The first-order valence-electron chi connectivity index (χ1n) is 7.04. The molecule has 1 atom stereocenters. The van der Waals surface area contributed by atoms with Crippen molar-refractivity contribution < 1.29 is 4.79 Å². The van der Waals surface area contributed by atoms with E-state index < -0.39 is 0 Å². The Hall–Kier alpha value is -1.45. The number of rotatable bonds is 4. The molecule has 1 fully saturated rings. The van der Waals surface area contributed by atoms with Crippen molar-refractivity contribution in [3.05, 3.63) is 18.0 Å². The van der Waals surface area contributed by atoms with Crippen molar-refractivity contribution in [1.29, 1.82) is 0 Å². The van der Waals surface area contributed by atoms with Gasteiger partial charge in [0, 0.05) is 18.8 Å². The zero-order chi connectivity index (χ0) is 14.2. The summed E-state index contributed by atoms with van der Waals surface area (Å²) in [6.07, 6.45) is 4.17. The lowest BCUT2D eigenvalue weighted by Crippen LogP contribution is -2.34. The average molecular weight is 263 g/mol. The van der Waals surface area contributed by atoms with E-state index in [0.717, 1.165) is 12.8 Å². The van der Waals surface area contributed by atoms with Crippen LogP contribution in [0, 0.1) is 11.3 Å². The number of carbonyl (C=O) groups is 1. The number of nitrogens with one attached hydrogen (secondary N) is 1. The number of nitrogens with two attached hydrogens (primary N) is 1. The molecule has 4 nitrogen and oxygen atoms in total. The highest BCUT2D eigenvalue weighted by atomic mass is 16.1. The Bertz CT molecular complexity index is 466. The lowest BCUT2D eigenvalue weighted by atomic mass is 9.82. The number of anilines is 1. The molecule has 19 heavy (non-hydrogen) atoms. The van der Waals surface area contributed by atoms with E-state index in [0.29, 0.717) is 29.9 Å². The molecule has 2 rings (SSSR count). The highest BCUT2D eigenvalue weighted by Crippen LogP contribution is 2.37. The fourth-order valence-electron chi connectivity index (χ4n) is 1.98. The molecule has 3 N–H and O–H groups in total. The third kappa shape index (κ3) is 3.31. The summed E-state index contributed by atoms with van der Waals surface area (Å²) >= 11 is 0. The minimum absolute atomic E-state index is 0.0142. The molecular formula is C15H25N3O. The van der Waals surface area contributed by atoms with Crippen LogP contribution in [0.4, 0.5) is 5.69 Å². The predicted octanol–water partition coefficient (Wildman–Crippen LogP) is 2.82. The molecule has 1 unspecified atom stereocenters. The van der Waals surface area contributed by atoms with Gasteiger partial charge in [-0.25, -0.2) is 0 Å². The molecular weight excluding hydrogens is 238 g/mol. The van der Waals surface area contributed by atoms with Crippen molar-refractivity contribution >= 4 is 11.6 Å². The van der Waals surface area contributed by atoms with Crippen molar-refractivity contribution in [2.24, 2.45) is 11.3 Å². The highest BCUT2D eigenvalue weighted by Gasteiger charge is 2.28. The van der Waals surface area contributed by atoms with Crippen LogP contribution in [0.1, 0.15) is 57.1 Å². The number of nitrogen functional groups attached to an aromatic ring is 1. The summed E-state index contributed by atoms with van der Waals surface area (Å²) in [5.41, 5.74) is 7.37. The Kier molecular flexibility index (Phi) is 3.61. The van der Waals surface area contributed by atoms with Gasteiger partial charge in [-0.15, -0.1) is 0 Å². The Balaban J connectivity index is 2.00. The molecule has 0 spiro atoms. The van der Waals surface area contributed by atoms with Crippen molar-refractivity contribution in [1.82, 2.24) is 9.88 Å². The standard InChI is InChI=1S/C15H25N3O/c1-10(15(2,3)4)8-17-14(19)13-7-11(16)9-18(13)12-5-6-12/h7,9-10,12H,5-6,8,16H2,1-4H3,(H,17,19). The van der Waals surface area contributed by atoms with E-state index in [4.69, 9.17) is 5.73 Å². The molecule has 0 saturated heterocycles. The van der Waals surface area contributed by atoms with Gasteiger partial charge in [0.2, 0.25) is 0 Å². The SMILES string of the molecule is CC(CNC(=O)c1cc(N)cn1C1CC1)C(C)(C)C. The second-order valence-corrected chi connectivity index (χ2v) is 6.77. The summed E-state index contributed by atoms with van der Waals surface area (Å²) < 4.78 is 2.02. The van der Waals surface area contributed by atoms with E-state index in [1.165, 1.54) is 0 Å². The molecule has 0 bridgehead atoms. The fourth-order valence-corrected chi connectivity index (χ4v) is 1.98. The maximum absolute atomic E-state index is 12.3. The van der Waals surface area contributed by atoms with Gasteiger partial charge in [0.15, 0.2) is 0 Å². The minimum Gasteiger partial charge on any atom is -0.397 e. The van der Waals surface area contributed by atoms with Crippen LogP contribution in [0.15, 0.2) is 12.3 Å². The third-order valence-electron chi connectivity index (χ3n) is 4.09. The number of hydrogen-bond donors (Lipinski definition) is 2. The van der Waals surface area contributed by atoms with Crippen LogP contribution in [0.2, 0.25) is 0 Å². The van der Waals surface area contributed by atoms with Crippen molar-refractivity contribution in [2.45, 2.75) is 46.6 Å². The van der Waals surface area contributed by atoms with Crippen LogP contribution in [-0.4, -0.2) is 17.0 Å². The number of nitrogens with zero attached hydrogens (tertiary/aromatic N) is 1. The van der Waals surface area contributed by atoms with Crippen LogP contribution in [-0.2, 0) is 0 Å².